The molecule has 0 atom stereocenters. The van der Waals surface area contributed by atoms with Crippen LogP contribution in [0.2, 0.25) is 0 Å². The van der Waals surface area contributed by atoms with Crippen LogP contribution in [0.4, 0.5) is 0 Å². The molecule has 1 aliphatic rings. The summed E-state index contributed by atoms with van der Waals surface area (Å²) in [6, 6.07) is 0. The Morgan fingerprint density at radius 3 is 3.27 bits per heavy atom. The lowest BCUT2D eigenvalue weighted by molar-refractivity contribution is -0.136. The molecule has 3 nitrogen and oxygen atoms in total. The highest BCUT2D eigenvalue weighted by atomic mass is 16.5. The molecule has 0 aromatic heterocycles. The van der Waals surface area contributed by atoms with E-state index in [4.69, 9.17) is 0 Å². The van der Waals surface area contributed by atoms with Gasteiger partial charge in [-0.05, 0) is 19.4 Å². The van der Waals surface area contributed by atoms with Gasteiger partial charge >= 0.3 is 5.97 Å². The zero-order valence-corrected chi connectivity index (χ0v) is 6.72. The number of hydrogen-bond donors (Lipinski definition) is 1. The lowest BCUT2D eigenvalue weighted by Gasteiger charge is -2.00. The molecular weight excluding hydrogens is 142 g/mol. The molecule has 1 heterocycles. The van der Waals surface area contributed by atoms with Gasteiger partial charge in [-0.2, -0.15) is 0 Å². The molecule has 0 spiro atoms. The molecule has 0 unspecified atom stereocenters. The molecule has 1 N–H and O–H groups in total. The Bertz CT molecular complexity index is 175. The van der Waals surface area contributed by atoms with E-state index < -0.39 is 0 Å². The summed E-state index contributed by atoms with van der Waals surface area (Å²) in [4.78, 5) is 11.0. The summed E-state index contributed by atoms with van der Waals surface area (Å²) in [6.07, 6.45) is 3.75. The quantitative estimate of drug-likeness (QED) is 0.559. The topological polar surface area (TPSA) is 38.3 Å². The fraction of sp³-hybridized carbons (Fsp3) is 0.625. The van der Waals surface area contributed by atoms with Crippen LogP contribution in [-0.4, -0.2) is 26.2 Å². The van der Waals surface area contributed by atoms with Crippen molar-refractivity contribution in [3.63, 3.8) is 0 Å². The predicted octanol–water partition coefficient (Wildman–Crippen LogP) is 0.469. The molecule has 0 saturated heterocycles. The Balaban J connectivity index is 2.53. The third-order valence-corrected chi connectivity index (χ3v) is 1.74. The van der Waals surface area contributed by atoms with Gasteiger partial charge in [0.05, 0.1) is 7.11 Å². The minimum atomic E-state index is -0.186. The maximum atomic E-state index is 11.0. The molecule has 11 heavy (non-hydrogen) atoms. The summed E-state index contributed by atoms with van der Waals surface area (Å²) < 4.78 is 4.61. The third-order valence-electron chi connectivity index (χ3n) is 1.74. The van der Waals surface area contributed by atoms with Gasteiger partial charge in [-0.25, -0.2) is 4.79 Å². The number of carbonyl (C=O) groups is 1. The number of carbonyl (C=O) groups excluding carboxylic acids is 1. The highest BCUT2D eigenvalue weighted by molar-refractivity contribution is 5.88. The van der Waals surface area contributed by atoms with Crippen LogP contribution < -0.4 is 5.32 Å². The summed E-state index contributed by atoms with van der Waals surface area (Å²) in [7, 11) is 1.42. The van der Waals surface area contributed by atoms with E-state index >= 15 is 0 Å². The van der Waals surface area contributed by atoms with Crippen LogP contribution in [0.3, 0.4) is 0 Å². The van der Waals surface area contributed by atoms with Crippen molar-refractivity contribution in [2.45, 2.75) is 12.8 Å². The van der Waals surface area contributed by atoms with Crippen molar-refractivity contribution in [3.05, 3.63) is 11.6 Å². The largest absolute Gasteiger partial charge is 0.466 e. The first-order valence-corrected chi connectivity index (χ1v) is 3.82. The van der Waals surface area contributed by atoms with Crippen LogP contribution in [0.5, 0.6) is 0 Å². The van der Waals surface area contributed by atoms with Crippen molar-refractivity contribution < 1.29 is 9.53 Å². The van der Waals surface area contributed by atoms with Crippen molar-refractivity contribution in [2.75, 3.05) is 20.2 Å². The van der Waals surface area contributed by atoms with Gasteiger partial charge in [0.2, 0.25) is 0 Å². The summed E-state index contributed by atoms with van der Waals surface area (Å²) in [6.45, 7) is 1.77. The van der Waals surface area contributed by atoms with Crippen molar-refractivity contribution in [3.8, 4) is 0 Å². The lowest BCUT2D eigenvalue weighted by atomic mass is 10.1. The van der Waals surface area contributed by atoms with Crippen LogP contribution in [0.25, 0.3) is 0 Å². The molecule has 0 radical (unpaired) electrons. The molecule has 1 rings (SSSR count). The number of rotatable bonds is 1. The first-order valence-electron chi connectivity index (χ1n) is 3.82. The monoisotopic (exact) mass is 155 g/mol. The van der Waals surface area contributed by atoms with E-state index in [9.17, 15) is 4.79 Å². The van der Waals surface area contributed by atoms with E-state index in [0.717, 1.165) is 31.5 Å². The average Bonchev–Trinajstić information content (AvgIpc) is 2.30. The lowest BCUT2D eigenvalue weighted by Crippen LogP contribution is -2.12. The zero-order valence-electron chi connectivity index (χ0n) is 6.72. The van der Waals surface area contributed by atoms with Crippen molar-refractivity contribution in [1.82, 2.24) is 5.32 Å². The fourth-order valence-corrected chi connectivity index (χ4v) is 1.12. The first kappa shape index (κ1) is 8.27. The maximum absolute atomic E-state index is 11.0. The molecule has 0 fully saturated rings. The van der Waals surface area contributed by atoms with Gasteiger partial charge in [0, 0.05) is 12.1 Å². The Labute approximate surface area is 66.4 Å². The second-order valence-corrected chi connectivity index (χ2v) is 2.53. The van der Waals surface area contributed by atoms with Crippen molar-refractivity contribution >= 4 is 5.97 Å². The Kier molecular flexibility index (Phi) is 3.11. The molecule has 0 amide bonds. The summed E-state index contributed by atoms with van der Waals surface area (Å²) in [5, 5.41) is 3.17. The standard InChI is InChI=1S/C8H13NO2/c1-11-8(10)7-3-2-5-9-6-4-7/h4,9H,2-3,5-6H2,1H3. The van der Waals surface area contributed by atoms with E-state index in [1.165, 1.54) is 7.11 Å². The number of esters is 1. The fourth-order valence-electron chi connectivity index (χ4n) is 1.12. The summed E-state index contributed by atoms with van der Waals surface area (Å²) in [5.41, 5.74) is 0.803. The van der Waals surface area contributed by atoms with Gasteiger partial charge in [-0.1, -0.05) is 6.08 Å². The van der Waals surface area contributed by atoms with Crippen LogP contribution in [0.1, 0.15) is 12.8 Å². The molecule has 0 aliphatic carbocycles. The summed E-state index contributed by atoms with van der Waals surface area (Å²) in [5.74, 6) is -0.186. The highest BCUT2D eigenvalue weighted by Crippen LogP contribution is 2.08. The molecule has 62 valence electrons. The van der Waals surface area contributed by atoms with Gasteiger partial charge in [0.15, 0.2) is 0 Å². The summed E-state index contributed by atoms with van der Waals surface area (Å²) >= 11 is 0. The molecule has 0 bridgehead atoms. The first-order chi connectivity index (χ1) is 5.34. The second kappa shape index (κ2) is 4.13. The second-order valence-electron chi connectivity index (χ2n) is 2.53. The van der Waals surface area contributed by atoms with Crippen LogP contribution >= 0.6 is 0 Å². The zero-order chi connectivity index (χ0) is 8.10. The maximum Gasteiger partial charge on any atom is 0.333 e. The SMILES string of the molecule is COC(=O)C1=CCNCCC1. The predicted molar refractivity (Wildman–Crippen MR) is 42.2 cm³/mol. The molecular formula is C8H13NO2. The smallest absolute Gasteiger partial charge is 0.333 e. The number of methoxy groups -OCH3 is 1. The molecule has 1 aliphatic heterocycles. The van der Waals surface area contributed by atoms with Gasteiger partial charge in [-0.15, -0.1) is 0 Å². The van der Waals surface area contributed by atoms with E-state index in [0.29, 0.717) is 0 Å². The molecule has 0 aromatic carbocycles. The minimum absolute atomic E-state index is 0.186. The number of ether oxygens (including phenoxy) is 1. The Morgan fingerprint density at radius 2 is 2.55 bits per heavy atom. The van der Waals surface area contributed by atoms with Gasteiger partial charge in [-0.3, -0.25) is 0 Å². The van der Waals surface area contributed by atoms with Gasteiger partial charge < -0.3 is 10.1 Å². The van der Waals surface area contributed by atoms with E-state index in [1.54, 1.807) is 0 Å². The normalized spacial score (nSPS) is 18.5. The minimum Gasteiger partial charge on any atom is -0.466 e. The Hall–Kier alpha value is -0.830. The van der Waals surface area contributed by atoms with E-state index in [-0.39, 0.29) is 5.97 Å². The number of hydrogen-bond acceptors (Lipinski definition) is 3. The van der Waals surface area contributed by atoms with Crippen LogP contribution in [-0.2, 0) is 9.53 Å². The average molecular weight is 155 g/mol. The van der Waals surface area contributed by atoms with Crippen LogP contribution in [0, 0.1) is 0 Å². The highest BCUT2D eigenvalue weighted by Gasteiger charge is 2.10. The molecule has 0 aromatic rings. The van der Waals surface area contributed by atoms with E-state index in [1.807, 2.05) is 6.08 Å². The van der Waals surface area contributed by atoms with Gasteiger partial charge in [0.1, 0.15) is 0 Å². The third kappa shape index (κ3) is 2.35. The van der Waals surface area contributed by atoms with Gasteiger partial charge in [0.25, 0.3) is 0 Å². The van der Waals surface area contributed by atoms with Crippen molar-refractivity contribution in [1.29, 1.82) is 0 Å². The van der Waals surface area contributed by atoms with Crippen molar-refractivity contribution in [2.24, 2.45) is 0 Å². The molecule has 0 saturated carbocycles. The Morgan fingerprint density at radius 1 is 1.73 bits per heavy atom. The number of nitrogens with one attached hydrogen (secondary N) is 1. The van der Waals surface area contributed by atoms with Crippen LogP contribution in [0.15, 0.2) is 11.6 Å². The van der Waals surface area contributed by atoms with E-state index in [2.05, 4.69) is 10.1 Å². The molecule has 3 heteroatoms.